The highest BCUT2D eigenvalue weighted by atomic mass is 32.2. The summed E-state index contributed by atoms with van der Waals surface area (Å²) in [5.74, 6) is -0.723. The van der Waals surface area contributed by atoms with Crippen LogP contribution in [0.25, 0.3) is 0 Å². The summed E-state index contributed by atoms with van der Waals surface area (Å²) in [7, 11) is -4.02. The Bertz CT molecular complexity index is 987. The Labute approximate surface area is 175 Å². The SMILES string of the molecule is O=S(=O)(NCC1(COc2ccc(C(F)(F)F)cn2)CC(O)C(O)C1)c1ccc(F)cc1. The third-order valence-corrected chi connectivity index (χ3v) is 6.50. The van der Waals surface area contributed by atoms with Crippen LogP contribution in [0.1, 0.15) is 18.4 Å². The molecule has 7 nitrogen and oxygen atoms in total. The summed E-state index contributed by atoms with van der Waals surface area (Å²) < 4.78 is 83.8. The maximum atomic E-state index is 13.0. The van der Waals surface area contributed by atoms with Gasteiger partial charge in [-0.3, -0.25) is 0 Å². The first-order valence-electron chi connectivity index (χ1n) is 9.18. The van der Waals surface area contributed by atoms with Crippen LogP contribution in [0.4, 0.5) is 17.6 Å². The highest BCUT2D eigenvalue weighted by Crippen LogP contribution is 2.39. The number of halogens is 4. The molecule has 170 valence electrons. The lowest BCUT2D eigenvalue weighted by atomic mass is 9.87. The Morgan fingerprint density at radius 3 is 2.23 bits per heavy atom. The van der Waals surface area contributed by atoms with E-state index < -0.39 is 45.2 Å². The molecule has 2 unspecified atom stereocenters. The molecular weight excluding hydrogens is 444 g/mol. The minimum Gasteiger partial charge on any atom is -0.477 e. The molecule has 1 aliphatic carbocycles. The number of aliphatic hydroxyl groups excluding tert-OH is 2. The zero-order chi connectivity index (χ0) is 22.9. The first-order chi connectivity index (χ1) is 14.4. The molecular formula is C19H20F4N2O5S. The zero-order valence-corrected chi connectivity index (χ0v) is 16.8. The van der Waals surface area contributed by atoms with E-state index in [0.717, 1.165) is 36.4 Å². The molecule has 31 heavy (non-hydrogen) atoms. The third-order valence-electron chi connectivity index (χ3n) is 5.08. The standard InChI is InChI=1S/C19H20F4N2O5S/c20-13-2-4-14(5-3-13)31(28,29)25-10-18(7-15(26)16(27)8-18)11-30-17-6-1-12(9-24-17)19(21,22)23/h1-6,9,15-16,25-27H,7-8,10-11H2. The summed E-state index contributed by atoms with van der Waals surface area (Å²) in [6.45, 7) is -0.452. The highest BCUT2D eigenvalue weighted by molar-refractivity contribution is 7.89. The molecule has 0 aliphatic heterocycles. The van der Waals surface area contributed by atoms with Crippen molar-refractivity contribution in [3.05, 3.63) is 54.0 Å². The molecule has 0 bridgehead atoms. The molecule has 3 N–H and O–H groups in total. The topological polar surface area (TPSA) is 109 Å². The number of nitrogens with zero attached hydrogens (tertiary/aromatic N) is 1. The van der Waals surface area contributed by atoms with E-state index in [2.05, 4.69) is 9.71 Å². The van der Waals surface area contributed by atoms with E-state index in [1.54, 1.807) is 0 Å². The van der Waals surface area contributed by atoms with Gasteiger partial charge in [-0.05, 0) is 43.2 Å². The van der Waals surface area contributed by atoms with Crippen molar-refractivity contribution in [3.8, 4) is 5.88 Å². The minimum absolute atomic E-state index is 0.0132. The average Bonchev–Trinajstić information content (AvgIpc) is 2.99. The normalized spacial score (nSPS) is 24.3. The number of ether oxygens (including phenoxy) is 1. The molecule has 0 amide bonds. The van der Waals surface area contributed by atoms with E-state index in [0.29, 0.717) is 6.20 Å². The molecule has 1 heterocycles. The number of alkyl halides is 3. The molecule has 1 aliphatic rings. The fourth-order valence-electron chi connectivity index (χ4n) is 3.36. The summed E-state index contributed by atoms with van der Waals surface area (Å²) in [6, 6.07) is 5.99. The number of aliphatic hydroxyl groups is 2. The van der Waals surface area contributed by atoms with Crippen LogP contribution >= 0.6 is 0 Å². The van der Waals surface area contributed by atoms with Gasteiger partial charge in [-0.25, -0.2) is 22.5 Å². The van der Waals surface area contributed by atoms with Gasteiger partial charge in [-0.1, -0.05) is 0 Å². The van der Waals surface area contributed by atoms with Crippen LogP contribution < -0.4 is 9.46 Å². The molecule has 0 radical (unpaired) electrons. The van der Waals surface area contributed by atoms with Gasteiger partial charge >= 0.3 is 6.18 Å². The maximum absolute atomic E-state index is 13.0. The average molecular weight is 464 g/mol. The fourth-order valence-corrected chi connectivity index (χ4v) is 4.52. The van der Waals surface area contributed by atoms with Gasteiger partial charge < -0.3 is 14.9 Å². The number of rotatable bonds is 7. The van der Waals surface area contributed by atoms with Gasteiger partial charge in [-0.15, -0.1) is 0 Å². The summed E-state index contributed by atoms with van der Waals surface area (Å²) in [4.78, 5) is 3.43. The number of sulfonamides is 1. The Morgan fingerprint density at radius 2 is 1.71 bits per heavy atom. The molecule has 1 aromatic carbocycles. The number of hydrogen-bond acceptors (Lipinski definition) is 6. The van der Waals surface area contributed by atoms with Crippen LogP contribution in [-0.2, 0) is 16.2 Å². The molecule has 1 fully saturated rings. The first kappa shape index (κ1) is 23.4. The van der Waals surface area contributed by atoms with Crippen LogP contribution in [0.15, 0.2) is 47.5 Å². The molecule has 2 atom stereocenters. The predicted octanol–water partition coefficient (Wildman–Crippen LogP) is 2.10. The Kier molecular flexibility index (Phi) is 6.56. The highest BCUT2D eigenvalue weighted by Gasteiger charge is 2.45. The van der Waals surface area contributed by atoms with Crippen molar-refractivity contribution >= 4 is 10.0 Å². The third kappa shape index (κ3) is 5.70. The van der Waals surface area contributed by atoms with Crippen molar-refractivity contribution in [1.82, 2.24) is 9.71 Å². The minimum atomic E-state index is -4.55. The van der Waals surface area contributed by atoms with Gasteiger partial charge in [-0.2, -0.15) is 13.2 Å². The van der Waals surface area contributed by atoms with Crippen LogP contribution in [0, 0.1) is 11.2 Å². The summed E-state index contributed by atoms with van der Waals surface area (Å²) in [6.07, 6.45) is -6.22. The second-order valence-corrected chi connectivity index (χ2v) is 9.26. The number of hydrogen-bond donors (Lipinski definition) is 3. The van der Waals surface area contributed by atoms with E-state index in [1.165, 1.54) is 0 Å². The summed E-state index contributed by atoms with van der Waals surface area (Å²) in [5, 5.41) is 19.9. The van der Waals surface area contributed by atoms with Gasteiger partial charge in [0.2, 0.25) is 15.9 Å². The quantitative estimate of drug-likeness (QED) is 0.542. The maximum Gasteiger partial charge on any atom is 0.417 e. The van der Waals surface area contributed by atoms with E-state index in [4.69, 9.17) is 4.74 Å². The van der Waals surface area contributed by atoms with Gasteiger partial charge in [0, 0.05) is 24.2 Å². The van der Waals surface area contributed by atoms with Crippen LogP contribution in [0.3, 0.4) is 0 Å². The zero-order valence-electron chi connectivity index (χ0n) is 16.0. The smallest absolute Gasteiger partial charge is 0.417 e. The summed E-state index contributed by atoms with van der Waals surface area (Å²) in [5.41, 5.74) is -2.00. The molecule has 3 rings (SSSR count). The summed E-state index contributed by atoms with van der Waals surface area (Å²) >= 11 is 0. The Morgan fingerprint density at radius 1 is 1.10 bits per heavy atom. The van der Waals surface area contributed by atoms with Gasteiger partial charge in [0.25, 0.3) is 0 Å². The molecule has 12 heteroatoms. The van der Waals surface area contributed by atoms with Gasteiger partial charge in [0.1, 0.15) is 5.82 Å². The van der Waals surface area contributed by atoms with E-state index in [-0.39, 0.29) is 36.8 Å². The van der Waals surface area contributed by atoms with E-state index in [1.807, 2.05) is 0 Å². The number of aromatic nitrogens is 1. The van der Waals surface area contributed by atoms with Crippen LogP contribution in [0.2, 0.25) is 0 Å². The predicted molar refractivity (Wildman–Crippen MR) is 100 cm³/mol. The Hall–Kier alpha value is -2.28. The van der Waals surface area contributed by atoms with E-state index >= 15 is 0 Å². The molecule has 1 aromatic heterocycles. The lowest BCUT2D eigenvalue weighted by molar-refractivity contribution is -0.137. The van der Waals surface area contributed by atoms with Crippen LogP contribution in [0.5, 0.6) is 5.88 Å². The number of benzene rings is 1. The van der Waals surface area contributed by atoms with Crippen molar-refractivity contribution in [2.24, 2.45) is 5.41 Å². The fraction of sp³-hybridized carbons (Fsp3) is 0.421. The second-order valence-electron chi connectivity index (χ2n) is 7.49. The monoisotopic (exact) mass is 464 g/mol. The second kappa shape index (κ2) is 8.69. The molecule has 1 saturated carbocycles. The van der Waals surface area contributed by atoms with Crippen molar-refractivity contribution in [3.63, 3.8) is 0 Å². The molecule has 2 aromatic rings. The first-order valence-corrected chi connectivity index (χ1v) is 10.7. The van der Waals surface area contributed by atoms with E-state index in [9.17, 15) is 36.2 Å². The molecule has 0 spiro atoms. The van der Waals surface area contributed by atoms with Crippen molar-refractivity contribution in [2.45, 2.75) is 36.1 Å². The molecule has 0 saturated heterocycles. The van der Waals surface area contributed by atoms with Crippen molar-refractivity contribution < 1.29 is 40.9 Å². The van der Waals surface area contributed by atoms with Crippen molar-refractivity contribution in [1.29, 1.82) is 0 Å². The van der Waals surface area contributed by atoms with Crippen LogP contribution in [-0.4, -0.2) is 49.0 Å². The van der Waals surface area contributed by atoms with Gasteiger partial charge in [0.05, 0.1) is 29.3 Å². The lowest BCUT2D eigenvalue weighted by Crippen LogP contribution is -2.40. The van der Waals surface area contributed by atoms with Gasteiger partial charge in [0.15, 0.2) is 0 Å². The van der Waals surface area contributed by atoms with Crippen molar-refractivity contribution in [2.75, 3.05) is 13.2 Å². The largest absolute Gasteiger partial charge is 0.477 e. The lowest BCUT2D eigenvalue weighted by Gasteiger charge is -2.29. The number of pyridine rings is 1. The number of nitrogens with one attached hydrogen (secondary N) is 1. The Balaban J connectivity index is 1.72.